The zero-order valence-corrected chi connectivity index (χ0v) is 10.1. The molecule has 0 aliphatic carbocycles. The molecule has 0 aromatic carbocycles. The molecule has 2 nitrogen and oxygen atoms in total. The van der Waals surface area contributed by atoms with Crippen LogP contribution in [0.4, 0.5) is 13.2 Å². The summed E-state index contributed by atoms with van der Waals surface area (Å²) in [6.45, 7) is 3.90. The Morgan fingerprint density at radius 2 is 2.00 bits per heavy atom. The minimum Gasteiger partial charge on any atom is -0.316 e. The van der Waals surface area contributed by atoms with Gasteiger partial charge in [-0.2, -0.15) is 13.2 Å². The van der Waals surface area contributed by atoms with E-state index in [1.54, 1.807) is 0 Å². The fourth-order valence-electron chi connectivity index (χ4n) is 2.93. The Bertz CT molecular complexity index is 236. The predicted octanol–water partition coefficient (Wildman–Crippen LogP) is 2.26. The molecule has 2 aliphatic heterocycles. The van der Waals surface area contributed by atoms with Crippen LogP contribution in [-0.4, -0.2) is 43.8 Å². The number of rotatable bonds is 2. The Morgan fingerprint density at radius 1 is 1.18 bits per heavy atom. The van der Waals surface area contributed by atoms with Crippen LogP contribution in [0.15, 0.2) is 0 Å². The van der Waals surface area contributed by atoms with E-state index in [1.165, 1.54) is 0 Å². The first kappa shape index (κ1) is 13.1. The van der Waals surface area contributed by atoms with Crippen LogP contribution in [0.5, 0.6) is 0 Å². The molecule has 0 aromatic rings. The lowest BCUT2D eigenvalue weighted by molar-refractivity contribution is -0.187. The SMILES string of the molecule is FC(F)(F)C1CCCN(C[C@@H]2CCCNC2)C1. The molecule has 0 radical (unpaired) electrons. The third-order valence-corrected chi connectivity index (χ3v) is 3.88. The van der Waals surface area contributed by atoms with Gasteiger partial charge >= 0.3 is 6.18 Å². The minimum absolute atomic E-state index is 0.208. The smallest absolute Gasteiger partial charge is 0.316 e. The van der Waals surface area contributed by atoms with E-state index in [1.807, 2.05) is 4.90 Å². The molecular formula is C12H21F3N2. The van der Waals surface area contributed by atoms with E-state index >= 15 is 0 Å². The molecule has 2 saturated heterocycles. The van der Waals surface area contributed by atoms with Crippen molar-refractivity contribution in [1.82, 2.24) is 10.2 Å². The van der Waals surface area contributed by atoms with Gasteiger partial charge in [0.25, 0.3) is 0 Å². The maximum atomic E-state index is 12.7. The van der Waals surface area contributed by atoms with E-state index in [0.29, 0.717) is 18.8 Å². The largest absolute Gasteiger partial charge is 0.393 e. The van der Waals surface area contributed by atoms with Crippen molar-refractivity contribution in [1.29, 1.82) is 0 Å². The molecule has 2 atom stereocenters. The zero-order chi connectivity index (χ0) is 12.3. The lowest BCUT2D eigenvalue weighted by Crippen LogP contribution is -2.45. The molecular weight excluding hydrogens is 229 g/mol. The highest BCUT2D eigenvalue weighted by Gasteiger charge is 2.41. The molecule has 2 fully saturated rings. The summed E-state index contributed by atoms with van der Waals surface area (Å²) >= 11 is 0. The van der Waals surface area contributed by atoms with E-state index in [9.17, 15) is 13.2 Å². The molecule has 0 aromatic heterocycles. The molecule has 0 spiro atoms. The van der Waals surface area contributed by atoms with Gasteiger partial charge in [-0.3, -0.25) is 0 Å². The van der Waals surface area contributed by atoms with E-state index < -0.39 is 12.1 Å². The molecule has 0 bridgehead atoms. The van der Waals surface area contributed by atoms with E-state index in [-0.39, 0.29) is 6.54 Å². The fraction of sp³-hybridized carbons (Fsp3) is 1.00. The van der Waals surface area contributed by atoms with Crippen LogP contribution in [-0.2, 0) is 0 Å². The molecule has 0 amide bonds. The van der Waals surface area contributed by atoms with Crippen molar-refractivity contribution in [2.75, 3.05) is 32.7 Å². The van der Waals surface area contributed by atoms with Crippen molar-refractivity contribution in [3.63, 3.8) is 0 Å². The summed E-state index contributed by atoms with van der Waals surface area (Å²) in [5, 5.41) is 3.32. The van der Waals surface area contributed by atoms with Gasteiger partial charge in [-0.1, -0.05) is 0 Å². The summed E-state index contributed by atoms with van der Waals surface area (Å²) < 4.78 is 38.0. The minimum atomic E-state index is -4.01. The third kappa shape index (κ3) is 3.85. The topological polar surface area (TPSA) is 15.3 Å². The standard InChI is InChI=1S/C12H21F3N2/c13-12(14,15)11-4-2-6-17(9-11)8-10-3-1-5-16-7-10/h10-11,16H,1-9H2/t10-,11?/m1/s1. The van der Waals surface area contributed by atoms with Crippen molar-refractivity contribution < 1.29 is 13.2 Å². The first-order chi connectivity index (χ1) is 8.05. The van der Waals surface area contributed by atoms with Crippen LogP contribution in [0.2, 0.25) is 0 Å². The quantitative estimate of drug-likeness (QED) is 0.808. The first-order valence-electron chi connectivity index (χ1n) is 6.55. The second-order valence-electron chi connectivity index (χ2n) is 5.35. The molecule has 2 aliphatic rings. The number of likely N-dealkylation sites (tertiary alicyclic amines) is 1. The van der Waals surface area contributed by atoms with E-state index in [0.717, 1.165) is 39.0 Å². The van der Waals surface area contributed by atoms with Gasteiger partial charge < -0.3 is 10.2 Å². The summed E-state index contributed by atoms with van der Waals surface area (Å²) in [6.07, 6.45) is -0.710. The van der Waals surface area contributed by atoms with Crippen LogP contribution < -0.4 is 5.32 Å². The molecule has 1 unspecified atom stereocenters. The summed E-state index contributed by atoms with van der Waals surface area (Å²) in [7, 11) is 0. The molecule has 1 N–H and O–H groups in total. The Hall–Kier alpha value is -0.290. The lowest BCUT2D eigenvalue weighted by atomic mass is 9.94. The van der Waals surface area contributed by atoms with Gasteiger partial charge in [0, 0.05) is 13.1 Å². The molecule has 2 rings (SSSR count). The number of nitrogens with one attached hydrogen (secondary N) is 1. The van der Waals surface area contributed by atoms with Gasteiger partial charge in [-0.15, -0.1) is 0 Å². The Balaban J connectivity index is 1.80. The molecule has 2 heterocycles. The second kappa shape index (κ2) is 5.57. The van der Waals surface area contributed by atoms with Crippen LogP contribution in [0.3, 0.4) is 0 Å². The summed E-state index contributed by atoms with van der Waals surface area (Å²) in [5.41, 5.74) is 0. The van der Waals surface area contributed by atoms with Crippen molar-refractivity contribution in [3.05, 3.63) is 0 Å². The van der Waals surface area contributed by atoms with Gasteiger partial charge in [0.2, 0.25) is 0 Å². The van der Waals surface area contributed by atoms with E-state index in [4.69, 9.17) is 0 Å². The lowest BCUT2D eigenvalue weighted by Gasteiger charge is -2.36. The second-order valence-corrected chi connectivity index (χ2v) is 5.35. The number of alkyl halides is 3. The Morgan fingerprint density at radius 3 is 2.65 bits per heavy atom. The van der Waals surface area contributed by atoms with Crippen LogP contribution >= 0.6 is 0 Å². The van der Waals surface area contributed by atoms with Gasteiger partial charge in [-0.25, -0.2) is 0 Å². The number of halogens is 3. The maximum Gasteiger partial charge on any atom is 0.393 e. The van der Waals surface area contributed by atoms with Gasteiger partial charge in [-0.05, 0) is 51.2 Å². The van der Waals surface area contributed by atoms with Gasteiger partial charge in [0.05, 0.1) is 5.92 Å². The summed E-state index contributed by atoms with van der Waals surface area (Å²) in [5.74, 6) is -0.566. The normalized spacial score (nSPS) is 32.6. The summed E-state index contributed by atoms with van der Waals surface area (Å²) in [4.78, 5) is 2.01. The average molecular weight is 250 g/mol. The Labute approximate surface area is 101 Å². The average Bonchev–Trinajstić information content (AvgIpc) is 2.29. The predicted molar refractivity (Wildman–Crippen MR) is 60.8 cm³/mol. The van der Waals surface area contributed by atoms with Crippen molar-refractivity contribution in [3.8, 4) is 0 Å². The highest BCUT2D eigenvalue weighted by molar-refractivity contribution is 4.80. The van der Waals surface area contributed by atoms with Crippen LogP contribution in [0.1, 0.15) is 25.7 Å². The fourth-order valence-corrected chi connectivity index (χ4v) is 2.93. The first-order valence-corrected chi connectivity index (χ1v) is 6.55. The van der Waals surface area contributed by atoms with Gasteiger partial charge in [0.1, 0.15) is 0 Å². The molecule has 100 valence electrons. The molecule has 17 heavy (non-hydrogen) atoms. The number of piperidine rings is 2. The highest BCUT2D eigenvalue weighted by atomic mass is 19.4. The molecule has 0 saturated carbocycles. The van der Waals surface area contributed by atoms with Crippen LogP contribution in [0.25, 0.3) is 0 Å². The van der Waals surface area contributed by atoms with Crippen molar-refractivity contribution >= 4 is 0 Å². The number of nitrogens with zero attached hydrogens (tertiary/aromatic N) is 1. The van der Waals surface area contributed by atoms with Crippen molar-refractivity contribution in [2.24, 2.45) is 11.8 Å². The molecule has 5 heteroatoms. The summed E-state index contributed by atoms with van der Waals surface area (Å²) in [6, 6.07) is 0. The van der Waals surface area contributed by atoms with Crippen LogP contribution in [0, 0.1) is 11.8 Å². The Kier molecular flexibility index (Phi) is 4.31. The van der Waals surface area contributed by atoms with Crippen molar-refractivity contribution in [2.45, 2.75) is 31.9 Å². The van der Waals surface area contributed by atoms with E-state index in [2.05, 4.69) is 5.32 Å². The van der Waals surface area contributed by atoms with Gasteiger partial charge in [0.15, 0.2) is 0 Å². The number of hydrogen-bond acceptors (Lipinski definition) is 2. The third-order valence-electron chi connectivity index (χ3n) is 3.88. The highest BCUT2D eigenvalue weighted by Crippen LogP contribution is 2.33. The monoisotopic (exact) mass is 250 g/mol. The number of hydrogen-bond donors (Lipinski definition) is 1. The zero-order valence-electron chi connectivity index (χ0n) is 10.1. The maximum absolute atomic E-state index is 12.7.